The first-order chi connectivity index (χ1) is 14.0. The Labute approximate surface area is 165 Å². The van der Waals surface area contributed by atoms with Crippen molar-refractivity contribution in [3.63, 3.8) is 0 Å². The first-order valence-electron chi connectivity index (χ1n) is 9.27. The number of hydrogen-bond acceptors (Lipinski definition) is 6. The summed E-state index contributed by atoms with van der Waals surface area (Å²) in [5, 5.41) is 10.9. The number of rotatable bonds is 4. The third kappa shape index (κ3) is 3.96. The second-order valence-corrected chi connectivity index (χ2v) is 6.95. The van der Waals surface area contributed by atoms with Gasteiger partial charge in [0.05, 0.1) is 17.2 Å². The monoisotopic (exact) mass is 397 g/mol. The number of amides is 1. The molecule has 2 aromatic carbocycles. The molecule has 1 atom stereocenters. The molecular weight excluding hydrogens is 377 g/mol. The lowest BCUT2D eigenvalue weighted by molar-refractivity contribution is -0.120. The van der Waals surface area contributed by atoms with Gasteiger partial charge in [-0.25, -0.2) is 13.9 Å². The Balaban J connectivity index is 1.56. The molecule has 0 saturated carbocycles. The highest BCUT2D eigenvalue weighted by molar-refractivity contribution is 6.02. The molecule has 4 N–H and O–H groups in total. The summed E-state index contributed by atoms with van der Waals surface area (Å²) in [6, 6.07) is 9.40. The zero-order chi connectivity index (χ0) is 20.4. The molecule has 1 aromatic heterocycles. The zero-order valence-electron chi connectivity index (χ0n) is 15.5. The number of aromatic nitrogens is 2. The maximum atomic E-state index is 13.8. The molecule has 4 rings (SSSR count). The van der Waals surface area contributed by atoms with Gasteiger partial charge in [0.2, 0.25) is 5.91 Å². The zero-order valence-corrected chi connectivity index (χ0v) is 15.5. The molecule has 0 spiro atoms. The van der Waals surface area contributed by atoms with Crippen molar-refractivity contribution in [3.8, 4) is 5.69 Å². The van der Waals surface area contributed by atoms with Gasteiger partial charge >= 0.3 is 5.97 Å². The Morgan fingerprint density at radius 2 is 2.07 bits per heavy atom. The van der Waals surface area contributed by atoms with Gasteiger partial charge < -0.3 is 15.5 Å². The number of nitrogens with two attached hydrogens (primary N) is 1. The van der Waals surface area contributed by atoms with Gasteiger partial charge in [-0.15, -0.1) is 0 Å². The van der Waals surface area contributed by atoms with E-state index in [0.29, 0.717) is 23.3 Å². The van der Waals surface area contributed by atoms with Crippen LogP contribution < -0.4 is 16.5 Å². The van der Waals surface area contributed by atoms with E-state index in [2.05, 4.69) is 20.6 Å². The minimum atomic E-state index is -0.866. The Hall–Kier alpha value is -3.30. The first-order valence-corrected chi connectivity index (χ1v) is 9.27. The maximum absolute atomic E-state index is 13.8. The van der Waals surface area contributed by atoms with Gasteiger partial charge in [0.15, 0.2) is 0 Å². The minimum absolute atomic E-state index is 0.00445. The van der Waals surface area contributed by atoms with Crippen LogP contribution in [0.25, 0.3) is 16.6 Å². The molecule has 1 saturated heterocycles. The van der Waals surface area contributed by atoms with Gasteiger partial charge in [-0.2, -0.15) is 11.0 Å². The Morgan fingerprint density at radius 1 is 1.28 bits per heavy atom. The van der Waals surface area contributed by atoms with E-state index in [1.54, 1.807) is 30.5 Å². The number of anilines is 1. The molecule has 0 bridgehead atoms. The normalized spacial score (nSPS) is 16.6. The van der Waals surface area contributed by atoms with Crippen LogP contribution in [0.4, 0.5) is 10.1 Å². The fraction of sp³-hybridized carbons (Fsp3) is 0.250. The Bertz CT molecular complexity index is 1060. The van der Waals surface area contributed by atoms with Gasteiger partial charge in [-0.05, 0) is 55.8 Å². The van der Waals surface area contributed by atoms with Gasteiger partial charge in [0, 0.05) is 23.8 Å². The second kappa shape index (κ2) is 7.98. The predicted octanol–water partition coefficient (Wildman–Crippen LogP) is 2.13. The third-order valence-corrected chi connectivity index (χ3v) is 4.97. The molecule has 1 aliphatic rings. The van der Waals surface area contributed by atoms with E-state index < -0.39 is 11.8 Å². The molecule has 0 aliphatic carbocycles. The van der Waals surface area contributed by atoms with Crippen LogP contribution in [0.3, 0.4) is 0 Å². The third-order valence-electron chi connectivity index (χ3n) is 4.97. The fourth-order valence-corrected chi connectivity index (χ4v) is 3.47. The average Bonchev–Trinajstić information content (AvgIpc) is 3.17. The SMILES string of the molecule is NOC(=O)c1cc(F)cc2cn(-c3ccc(NC(=O)C4CCCNC4)cc3)nc12. The quantitative estimate of drug-likeness (QED) is 0.582. The van der Waals surface area contributed by atoms with Crippen molar-refractivity contribution in [1.82, 2.24) is 15.1 Å². The standard InChI is InChI=1S/C20H20FN5O3/c21-14-8-13-11-26(25-18(13)17(9-14)20(28)29-22)16-5-3-15(4-6-16)24-19(27)12-2-1-7-23-10-12/h3-6,8-9,11-12,23H,1-2,7,10,22H2,(H,24,27). The van der Waals surface area contributed by atoms with Crippen LogP contribution in [0.2, 0.25) is 0 Å². The molecule has 8 nitrogen and oxygen atoms in total. The van der Waals surface area contributed by atoms with Crippen molar-refractivity contribution < 1.29 is 18.8 Å². The van der Waals surface area contributed by atoms with E-state index in [1.807, 2.05) is 0 Å². The van der Waals surface area contributed by atoms with Crippen LogP contribution in [-0.2, 0) is 9.63 Å². The summed E-state index contributed by atoms with van der Waals surface area (Å²) in [5.74, 6) is 3.44. The van der Waals surface area contributed by atoms with Crippen molar-refractivity contribution in [3.05, 3.63) is 54.0 Å². The fourth-order valence-electron chi connectivity index (χ4n) is 3.47. The van der Waals surface area contributed by atoms with Crippen LogP contribution >= 0.6 is 0 Å². The predicted molar refractivity (Wildman–Crippen MR) is 105 cm³/mol. The van der Waals surface area contributed by atoms with Crippen molar-refractivity contribution in [2.24, 2.45) is 11.8 Å². The number of carbonyl (C=O) groups is 2. The first kappa shape index (κ1) is 19.0. The highest BCUT2D eigenvalue weighted by Crippen LogP contribution is 2.23. The summed E-state index contributed by atoms with van der Waals surface area (Å²) in [4.78, 5) is 28.4. The maximum Gasteiger partial charge on any atom is 0.359 e. The van der Waals surface area contributed by atoms with E-state index >= 15 is 0 Å². The van der Waals surface area contributed by atoms with Crippen LogP contribution in [0.1, 0.15) is 23.2 Å². The van der Waals surface area contributed by atoms with Gasteiger partial charge in [0.25, 0.3) is 0 Å². The van der Waals surface area contributed by atoms with E-state index in [1.165, 1.54) is 10.7 Å². The summed E-state index contributed by atoms with van der Waals surface area (Å²) >= 11 is 0. The lowest BCUT2D eigenvalue weighted by atomic mass is 9.99. The number of nitrogens with zero attached hydrogens (tertiary/aromatic N) is 2. The smallest absolute Gasteiger partial charge is 0.359 e. The topological polar surface area (TPSA) is 111 Å². The molecule has 29 heavy (non-hydrogen) atoms. The van der Waals surface area contributed by atoms with Crippen molar-refractivity contribution in [2.75, 3.05) is 18.4 Å². The number of carbonyl (C=O) groups excluding carboxylic acids is 2. The highest BCUT2D eigenvalue weighted by atomic mass is 19.1. The number of nitrogens with one attached hydrogen (secondary N) is 2. The summed E-state index contributed by atoms with van der Waals surface area (Å²) in [6.07, 6.45) is 3.47. The highest BCUT2D eigenvalue weighted by Gasteiger charge is 2.21. The Morgan fingerprint density at radius 3 is 2.76 bits per heavy atom. The van der Waals surface area contributed by atoms with Gasteiger partial charge in [0.1, 0.15) is 11.3 Å². The summed E-state index contributed by atoms with van der Waals surface area (Å²) in [7, 11) is 0. The Kier molecular flexibility index (Phi) is 5.24. The summed E-state index contributed by atoms with van der Waals surface area (Å²) in [5.41, 5.74) is 1.60. The molecule has 1 fully saturated rings. The number of benzene rings is 2. The van der Waals surface area contributed by atoms with E-state index in [4.69, 9.17) is 5.90 Å². The van der Waals surface area contributed by atoms with Crippen LogP contribution in [0, 0.1) is 11.7 Å². The molecule has 150 valence electrons. The molecule has 3 aromatic rings. The lowest BCUT2D eigenvalue weighted by Crippen LogP contribution is -2.37. The molecule has 0 radical (unpaired) electrons. The number of halogens is 1. The van der Waals surface area contributed by atoms with Crippen molar-refractivity contribution >= 4 is 28.5 Å². The lowest BCUT2D eigenvalue weighted by Gasteiger charge is -2.21. The average molecular weight is 397 g/mol. The molecule has 1 aliphatic heterocycles. The molecule has 2 heterocycles. The van der Waals surface area contributed by atoms with Crippen molar-refractivity contribution in [1.29, 1.82) is 0 Å². The van der Waals surface area contributed by atoms with E-state index in [0.717, 1.165) is 25.5 Å². The van der Waals surface area contributed by atoms with Crippen LogP contribution in [-0.4, -0.2) is 34.7 Å². The van der Waals surface area contributed by atoms with Crippen molar-refractivity contribution in [2.45, 2.75) is 12.8 Å². The minimum Gasteiger partial charge on any atom is -0.370 e. The molecule has 1 unspecified atom stereocenters. The van der Waals surface area contributed by atoms with E-state index in [-0.39, 0.29) is 22.9 Å². The summed E-state index contributed by atoms with van der Waals surface area (Å²) < 4.78 is 15.3. The van der Waals surface area contributed by atoms with Gasteiger partial charge in [-0.3, -0.25) is 4.79 Å². The number of hydrogen-bond donors (Lipinski definition) is 3. The molecular formula is C20H20FN5O3. The molecule has 9 heteroatoms. The van der Waals surface area contributed by atoms with Gasteiger partial charge in [-0.1, -0.05) is 0 Å². The number of piperidine rings is 1. The van der Waals surface area contributed by atoms with E-state index in [9.17, 15) is 14.0 Å². The largest absolute Gasteiger partial charge is 0.370 e. The van der Waals surface area contributed by atoms with Crippen LogP contribution in [0.15, 0.2) is 42.6 Å². The molecule has 1 amide bonds. The number of fused-ring (bicyclic) bond motifs is 1. The second-order valence-electron chi connectivity index (χ2n) is 6.95. The summed E-state index contributed by atoms with van der Waals surface area (Å²) in [6.45, 7) is 1.64. The van der Waals surface area contributed by atoms with Crippen LogP contribution in [0.5, 0.6) is 0 Å².